The van der Waals surface area contributed by atoms with Crippen molar-refractivity contribution in [2.75, 3.05) is 7.11 Å². The highest BCUT2D eigenvalue weighted by Crippen LogP contribution is 2.26. The minimum Gasteiger partial charge on any atom is -0.497 e. The maximum Gasteiger partial charge on any atom is 0.124 e. The van der Waals surface area contributed by atoms with E-state index >= 15 is 0 Å². The summed E-state index contributed by atoms with van der Waals surface area (Å²) in [7, 11) is 1.65. The zero-order chi connectivity index (χ0) is 12.1. The normalized spacial score (nSPS) is 19.1. The molecule has 2 N–H and O–H groups in total. The Morgan fingerprint density at radius 3 is 2.94 bits per heavy atom. The maximum absolute atomic E-state index is 5.95. The van der Waals surface area contributed by atoms with Crippen molar-refractivity contribution in [1.29, 1.82) is 0 Å². The Morgan fingerprint density at radius 1 is 1.41 bits per heavy atom. The van der Waals surface area contributed by atoms with E-state index in [-0.39, 0.29) is 6.10 Å². The van der Waals surface area contributed by atoms with Crippen LogP contribution in [0.25, 0.3) is 0 Å². The minimum absolute atomic E-state index is 0.183. The maximum atomic E-state index is 5.95. The summed E-state index contributed by atoms with van der Waals surface area (Å²) in [4.78, 5) is 0. The number of hydrogen-bond acceptors (Lipinski definition) is 3. The van der Waals surface area contributed by atoms with Crippen LogP contribution in [-0.4, -0.2) is 13.2 Å². The predicted molar refractivity (Wildman–Crippen MR) is 68.3 cm³/mol. The van der Waals surface area contributed by atoms with E-state index in [2.05, 4.69) is 12.2 Å². The second-order valence-corrected chi connectivity index (χ2v) is 4.19. The summed E-state index contributed by atoms with van der Waals surface area (Å²) in [5.41, 5.74) is 6.71. The van der Waals surface area contributed by atoms with E-state index in [1.165, 1.54) is 6.42 Å². The number of ether oxygens (including phenoxy) is 2. The molecule has 92 valence electrons. The highest BCUT2D eigenvalue weighted by Gasteiger charge is 2.12. The molecule has 2 rings (SSSR count). The molecule has 3 heteroatoms. The van der Waals surface area contributed by atoms with Crippen LogP contribution in [0.5, 0.6) is 11.5 Å². The van der Waals surface area contributed by atoms with E-state index in [0.717, 1.165) is 29.9 Å². The van der Waals surface area contributed by atoms with Crippen LogP contribution < -0.4 is 15.2 Å². The molecule has 1 aromatic carbocycles. The molecule has 0 radical (unpaired) electrons. The molecule has 1 unspecified atom stereocenters. The Hall–Kier alpha value is -1.48. The highest BCUT2D eigenvalue weighted by atomic mass is 16.5. The van der Waals surface area contributed by atoms with E-state index < -0.39 is 0 Å². The third-order valence-electron chi connectivity index (χ3n) is 2.98. The average Bonchev–Trinajstić information content (AvgIpc) is 2.40. The van der Waals surface area contributed by atoms with Crippen molar-refractivity contribution in [2.45, 2.75) is 31.9 Å². The van der Waals surface area contributed by atoms with E-state index in [0.29, 0.717) is 6.54 Å². The molecule has 0 saturated carbocycles. The van der Waals surface area contributed by atoms with E-state index in [9.17, 15) is 0 Å². The van der Waals surface area contributed by atoms with Gasteiger partial charge in [-0.2, -0.15) is 0 Å². The van der Waals surface area contributed by atoms with Crippen LogP contribution in [0.4, 0.5) is 0 Å². The number of allylic oxidation sites excluding steroid dienone is 1. The molecule has 0 saturated heterocycles. The van der Waals surface area contributed by atoms with Gasteiger partial charge in [0, 0.05) is 12.1 Å². The standard InChI is InChI=1S/C14H19NO2/c1-16-13-7-8-14(11(9-13)10-15)17-12-5-3-2-4-6-12/h3,5,7-9,12H,2,4,6,10,15H2,1H3. The molecule has 0 heterocycles. The molecule has 0 spiro atoms. The van der Waals surface area contributed by atoms with Crippen LogP contribution in [0.15, 0.2) is 30.4 Å². The third kappa shape index (κ3) is 3.01. The van der Waals surface area contributed by atoms with Gasteiger partial charge in [-0.3, -0.25) is 0 Å². The second-order valence-electron chi connectivity index (χ2n) is 4.19. The highest BCUT2D eigenvalue weighted by molar-refractivity contribution is 5.40. The van der Waals surface area contributed by atoms with Crippen molar-refractivity contribution < 1.29 is 9.47 Å². The lowest BCUT2D eigenvalue weighted by Gasteiger charge is -2.20. The number of benzene rings is 1. The summed E-state index contributed by atoms with van der Waals surface area (Å²) < 4.78 is 11.1. The van der Waals surface area contributed by atoms with Gasteiger partial charge < -0.3 is 15.2 Å². The minimum atomic E-state index is 0.183. The van der Waals surface area contributed by atoms with E-state index in [1.807, 2.05) is 18.2 Å². The summed E-state index contributed by atoms with van der Waals surface area (Å²) in [6.45, 7) is 0.461. The zero-order valence-electron chi connectivity index (χ0n) is 10.2. The molecule has 1 aromatic rings. The van der Waals surface area contributed by atoms with Crippen molar-refractivity contribution in [3.63, 3.8) is 0 Å². The molecule has 0 aromatic heterocycles. The number of rotatable bonds is 4. The lowest BCUT2D eigenvalue weighted by molar-refractivity contribution is 0.227. The molecule has 1 atom stereocenters. The van der Waals surface area contributed by atoms with Crippen molar-refractivity contribution in [1.82, 2.24) is 0 Å². The average molecular weight is 233 g/mol. The first-order valence-corrected chi connectivity index (χ1v) is 6.04. The largest absolute Gasteiger partial charge is 0.497 e. The Morgan fingerprint density at radius 2 is 2.29 bits per heavy atom. The molecule has 1 aliphatic carbocycles. The fourth-order valence-electron chi connectivity index (χ4n) is 2.00. The van der Waals surface area contributed by atoms with Crippen molar-refractivity contribution in [2.24, 2.45) is 5.73 Å². The lowest BCUT2D eigenvalue weighted by Crippen LogP contribution is -2.17. The van der Waals surface area contributed by atoms with Crippen LogP contribution in [0.1, 0.15) is 24.8 Å². The Bertz CT molecular complexity index is 401. The van der Waals surface area contributed by atoms with Crippen LogP contribution in [0.3, 0.4) is 0 Å². The van der Waals surface area contributed by atoms with Gasteiger partial charge in [0.15, 0.2) is 0 Å². The molecular weight excluding hydrogens is 214 g/mol. The van der Waals surface area contributed by atoms with Gasteiger partial charge in [0.2, 0.25) is 0 Å². The van der Waals surface area contributed by atoms with Crippen LogP contribution in [0.2, 0.25) is 0 Å². The zero-order valence-corrected chi connectivity index (χ0v) is 10.2. The Kier molecular flexibility index (Phi) is 4.04. The summed E-state index contributed by atoms with van der Waals surface area (Å²) in [6, 6.07) is 5.77. The van der Waals surface area contributed by atoms with Crippen molar-refractivity contribution in [3.05, 3.63) is 35.9 Å². The number of nitrogens with two attached hydrogens (primary N) is 1. The van der Waals surface area contributed by atoms with Crippen LogP contribution >= 0.6 is 0 Å². The summed E-state index contributed by atoms with van der Waals surface area (Å²) >= 11 is 0. The third-order valence-corrected chi connectivity index (χ3v) is 2.98. The van der Waals surface area contributed by atoms with Gasteiger partial charge in [0.05, 0.1) is 7.11 Å². The predicted octanol–water partition coefficient (Wildman–Crippen LogP) is 2.64. The van der Waals surface area contributed by atoms with Gasteiger partial charge in [-0.1, -0.05) is 6.08 Å². The van der Waals surface area contributed by atoms with E-state index in [4.69, 9.17) is 15.2 Å². The smallest absolute Gasteiger partial charge is 0.124 e. The molecule has 3 nitrogen and oxygen atoms in total. The molecule has 0 bridgehead atoms. The number of hydrogen-bond donors (Lipinski definition) is 1. The monoisotopic (exact) mass is 233 g/mol. The molecular formula is C14H19NO2. The summed E-state index contributed by atoms with van der Waals surface area (Å²) in [5, 5.41) is 0. The quantitative estimate of drug-likeness (QED) is 0.813. The van der Waals surface area contributed by atoms with Crippen LogP contribution in [-0.2, 0) is 6.54 Å². The fourth-order valence-corrected chi connectivity index (χ4v) is 2.00. The SMILES string of the molecule is COc1ccc(OC2C=CCCC2)c(CN)c1. The second kappa shape index (κ2) is 5.73. The lowest BCUT2D eigenvalue weighted by atomic mass is 10.1. The van der Waals surface area contributed by atoms with Gasteiger partial charge in [-0.05, 0) is 43.5 Å². The molecule has 0 amide bonds. The van der Waals surface area contributed by atoms with Gasteiger partial charge in [0.25, 0.3) is 0 Å². The first kappa shape index (κ1) is 12.0. The summed E-state index contributed by atoms with van der Waals surface area (Å²) in [6.07, 6.45) is 7.92. The fraction of sp³-hybridized carbons (Fsp3) is 0.429. The molecule has 1 aliphatic rings. The van der Waals surface area contributed by atoms with Gasteiger partial charge >= 0.3 is 0 Å². The first-order valence-electron chi connectivity index (χ1n) is 6.04. The van der Waals surface area contributed by atoms with Crippen molar-refractivity contribution in [3.8, 4) is 11.5 Å². The first-order chi connectivity index (χ1) is 8.33. The topological polar surface area (TPSA) is 44.5 Å². The van der Waals surface area contributed by atoms with Gasteiger partial charge in [-0.15, -0.1) is 0 Å². The number of methoxy groups -OCH3 is 1. The van der Waals surface area contributed by atoms with Crippen molar-refractivity contribution >= 4 is 0 Å². The molecule has 0 fully saturated rings. The Labute approximate surface area is 102 Å². The van der Waals surface area contributed by atoms with E-state index in [1.54, 1.807) is 7.11 Å². The Balaban J connectivity index is 2.14. The molecule has 0 aliphatic heterocycles. The summed E-state index contributed by atoms with van der Waals surface area (Å²) in [5.74, 6) is 1.68. The van der Waals surface area contributed by atoms with Gasteiger partial charge in [-0.25, -0.2) is 0 Å². The van der Waals surface area contributed by atoms with Gasteiger partial charge in [0.1, 0.15) is 17.6 Å². The molecule has 17 heavy (non-hydrogen) atoms. The van der Waals surface area contributed by atoms with Crippen LogP contribution in [0, 0.1) is 0 Å².